The fourth-order valence-electron chi connectivity index (χ4n) is 1.36. The monoisotopic (exact) mass is 226 g/mol. The van der Waals surface area contributed by atoms with Crippen LogP contribution in [0.2, 0.25) is 5.02 Å². The first-order chi connectivity index (χ1) is 7.04. The van der Waals surface area contributed by atoms with Crippen molar-refractivity contribution in [3.8, 4) is 0 Å². The molecule has 0 aliphatic rings. The maximum atomic E-state index is 10.9. The van der Waals surface area contributed by atoms with Gasteiger partial charge in [-0.3, -0.25) is 9.78 Å². The second kappa shape index (κ2) is 5.12. The molecule has 0 aliphatic heterocycles. The minimum absolute atomic E-state index is 0.112. The van der Waals surface area contributed by atoms with Gasteiger partial charge in [-0.2, -0.15) is 0 Å². The SMILES string of the molecule is CCCc1nc(C)c(NC(C)=O)cc1Cl. The van der Waals surface area contributed by atoms with Crippen LogP contribution >= 0.6 is 11.6 Å². The van der Waals surface area contributed by atoms with Gasteiger partial charge in [0.1, 0.15) is 0 Å². The molecule has 1 amide bonds. The number of anilines is 1. The molecule has 1 N–H and O–H groups in total. The van der Waals surface area contributed by atoms with Crippen LogP contribution in [0.5, 0.6) is 0 Å². The molecule has 15 heavy (non-hydrogen) atoms. The Kier molecular flexibility index (Phi) is 4.09. The summed E-state index contributed by atoms with van der Waals surface area (Å²) in [5.41, 5.74) is 2.39. The second-order valence-corrected chi connectivity index (χ2v) is 3.89. The van der Waals surface area contributed by atoms with Gasteiger partial charge < -0.3 is 5.32 Å². The number of rotatable bonds is 3. The number of hydrogen-bond donors (Lipinski definition) is 1. The third-order valence-electron chi connectivity index (χ3n) is 2.04. The van der Waals surface area contributed by atoms with Crippen molar-refractivity contribution in [1.29, 1.82) is 0 Å². The number of carbonyl (C=O) groups is 1. The van der Waals surface area contributed by atoms with Crippen LogP contribution in [-0.4, -0.2) is 10.9 Å². The van der Waals surface area contributed by atoms with E-state index in [9.17, 15) is 4.79 Å². The Morgan fingerprint density at radius 2 is 2.27 bits per heavy atom. The molecule has 82 valence electrons. The number of nitrogens with one attached hydrogen (secondary N) is 1. The summed E-state index contributed by atoms with van der Waals surface area (Å²) in [7, 11) is 0. The molecule has 1 aromatic heterocycles. The first kappa shape index (κ1) is 12.0. The molecule has 3 nitrogen and oxygen atoms in total. The average molecular weight is 227 g/mol. The van der Waals surface area contributed by atoms with Gasteiger partial charge in [0.25, 0.3) is 0 Å². The topological polar surface area (TPSA) is 42.0 Å². The predicted molar refractivity (Wildman–Crippen MR) is 62.3 cm³/mol. The number of nitrogens with zero attached hydrogens (tertiary/aromatic N) is 1. The summed E-state index contributed by atoms with van der Waals surface area (Å²) in [4.78, 5) is 15.3. The first-order valence-electron chi connectivity index (χ1n) is 4.98. The summed E-state index contributed by atoms with van der Waals surface area (Å²) in [6, 6.07) is 1.76. The summed E-state index contributed by atoms with van der Waals surface area (Å²) < 4.78 is 0. The summed E-state index contributed by atoms with van der Waals surface area (Å²) >= 11 is 6.05. The maximum absolute atomic E-state index is 10.9. The van der Waals surface area contributed by atoms with Gasteiger partial charge in [0.15, 0.2) is 0 Å². The van der Waals surface area contributed by atoms with Gasteiger partial charge in [-0.05, 0) is 19.4 Å². The van der Waals surface area contributed by atoms with E-state index in [1.165, 1.54) is 6.92 Å². The minimum Gasteiger partial charge on any atom is -0.325 e. The van der Waals surface area contributed by atoms with Crippen LogP contribution in [0.1, 0.15) is 31.7 Å². The van der Waals surface area contributed by atoms with E-state index in [-0.39, 0.29) is 5.91 Å². The zero-order valence-electron chi connectivity index (χ0n) is 9.22. The molecule has 1 heterocycles. The summed E-state index contributed by atoms with van der Waals surface area (Å²) in [6.45, 7) is 5.41. The highest BCUT2D eigenvalue weighted by atomic mass is 35.5. The number of aryl methyl sites for hydroxylation is 2. The third kappa shape index (κ3) is 3.20. The Morgan fingerprint density at radius 1 is 1.60 bits per heavy atom. The summed E-state index contributed by atoms with van der Waals surface area (Å²) in [5.74, 6) is -0.112. The van der Waals surface area contributed by atoms with E-state index in [1.807, 2.05) is 6.92 Å². The van der Waals surface area contributed by atoms with Gasteiger partial charge >= 0.3 is 0 Å². The minimum atomic E-state index is -0.112. The van der Waals surface area contributed by atoms with Crippen molar-refractivity contribution >= 4 is 23.2 Å². The van der Waals surface area contributed by atoms with E-state index in [0.717, 1.165) is 24.2 Å². The molecule has 1 aromatic rings. The van der Waals surface area contributed by atoms with E-state index in [2.05, 4.69) is 17.2 Å². The van der Waals surface area contributed by atoms with E-state index in [1.54, 1.807) is 6.07 Å². The molecule has 0 fully saturated rings. The molecule has 1 rings (SSSR count). The maximum Gasteiger partial charge on any atom is 0.221 e. The lowest BCUT2D eigenvalue weighted by molar-refractivity contribution is -0.114. The van der Waals surface area contributed by atoms with Gasteiger partial charge in [-0.15, -0.1) is 0 Å². The number of carbonyl (C=O) groups excluding carboxylic acids is 1. The van der Waals surface area contributed by atoms with Gasteiger partial charge in [-0.25, -0.2) is 0 Å². The highest BCUT2D eigenvalue weighted by molar-refractivity contribution is 6.31. The van der Waals surface area contributed by atoms with Gasteiger partial charge in [-0.1, -0.05) is 24.9 Å². The van der Waals surface area contributed by atoms with E-state index < -0.39 is 0 Å². The van der Waals surface area contributed by atoms with Crippen molar-refractivity contribution in [1.82, 2.24) is 4.98 Å². The molecule has 0 spiro atoms. The van der Waals surface area contributed by atoms with Crippen LogP contribution < -0.4 is 5.32 Å². The smallest absolute Gasteiger partial charge is 0.221 e. The number of pyridine rings is 1. The molecule has 4 heteroatoms. The van der Waals surface area contributed by atoms with E-state index >= 15 is 0 Å². The lowest BCUT2D eigenvalue weighted by Gasteiger charge is -2.09. The molecule has 0 aromatic carbocycles. The lowest BCUT2D eigenvalue weighted by atomic mass is 10.2. The van der Waals surface area contributed by atoms with Crippen molar-refractivity contribution < 1.29 is 4.79 Å². The summed E-state index contributed by atoms with van der Waals surface area (Å²) in [6.07, 6.45) is 1.87. The number of aromatic nitrogens is 1. The fourth-order valence-corrected chi connectivity index (χ4v) is 1.60. The average Bonchev–Trinajstić information content (AvgIpc) is 2.13. The number of halogens is 1. The number of amides is 1. The van der Waals surface area contributed by atoms with Crippen molar-refractivity contribution in [2.75, 3.05) is 5.32 Å². The molecule has 0 saturated heterocycles. The van der Waals surface area contributed by atoms with Crippen LogP contribution in [0.25, 0.3) is 0 Å². The zero-order valence-corrected chi connectivity index (χ0v) is 9.98. The van der Waals surface area contributed by atoms with Crippen LogP contribution in [0.15, 0.2) is 6.07 Å². The zero-order chi connectivity index (χ0) is 11.4. The first-order valence-corrected chi connectivity index (χ1v) is 5.36. The Bertz CT molecular complexity index is 377. The van der Waals surface area contributed by atoms with Crippen LogP contribution in [0.3, 0.4) is 0 Å². The molecule has 0 bridgehead atoms. The van der Waals surface area contributed by atoms with Crippen molar-refractivity contribution in [3.05, 3.63) is 22.5 Å². The lowest BCUT2D eigenvalue weighted by Crippen LogP contribution is -2.09. The van der Waals surface area contributed by atoms with Crippen LogP contribution in [0, 0.1) is 6.92 Å². The van der Waals surface area contributed by atoms with Crippen LogP contribution in [0.4, 0.5) is 5.69 Å². The Balaban J connectivity index is 3.02. The van der Waals surface area contributed by atoms with Crippen molar-refractivity contribution in [2.24, 2.45) is 0 Å². The van der Waals surface area contributed by atoms with E-state index in [4.69, 9.17) is 11.6 Å². The van der Waals surface area contributed by atoms with Gasteiger partial charge in [0.05, 0.1) is 22.1 Å². The summed E-state index contributed by atoms with van der Waals surface area (Å²) in [5, 5.41) is 3.31. The molecule has 0 radical (unpaired) electrons. The van der Waals surface area contributed by atoms with Gasteiger partial charge in [0.2, 0.25) is 5.91 Å². The van der Waals surface area contributed by atoms with Crippen molar-refractivity contribution in [3.63, 3.8) is 0 Å². The molecule has 0 atom stereocenters. The Labute approximate surface area is 94.9 Å². The third-order valence-corrected chi connectivity index (χ3v) is 2.36. The molecule has 0 aliphatic carbocycles. The Hall–Kier alpha value is -1.09. The standard InChI is InChI=1S/C11H15ClN2O/c1-4-5-10-9(12)6-11(7(2)13-10)14-8(3)15/h6H,4-5H2,1-3H3,(H,14,15). The van der Waals surface area contributed by atoms with Gasteiger partial charge in [0, 0.05) is 6.92 Å². The fraction of sp³-hybridized carbons (Fsp3) is 0.455. The van der Waals surface area contributed by atoms with Crippen LogP contribution in [-0.2, 0) is 11.2 Å². The number of hydrogen-bond acceptors (Lipinski definition) is 2. The van der Waals surface area contributed by atoms with Crippen molar-refractivity contribution in [2.45, 2.75) is 33.6 Å². The highest BCUT2D eigenvalue weighted by Gasteiger charge is 2.07. The van der Waals surface area contributed by atoms with E-state index in [0.29, 0.717) is 10.7 Å². The molecular weight excluding hydrogens is 212 g/mol. The molecule has 0 unspecified atom stereocenters. The predicted octanol–water partition coefficient (Wildman–Crippen LogP) is 2.95. The Morgan fingerprint density at radius 3 is 2.80 bits per heavy atom. The second-order valence-electron chi connectivity index (χ2n) is 3.48. The molecule has 0 saturated carbocycles. The largest absolute Gasteiger partial charge is 0.325 e. The normalized spacial score (nSPS) is 10.1. The highest BCUT2D eigenvalue weighted by Crippen LogP contribution is 2.22. The quantitative estimate of drug-likeness (QED) is 0.861. The molecular formula is C11H15ClN2O.